The van der Waals surface area contributed by atoms with E-state index in [1.807, 2.05) is 30.3 Å². The minimum Gasteiger partial charge on any atom is -0.477 e. The number of nitrogen functional groups attached to an aromatic ring is 1. The molecule has 2 N–H and O–H groups in total. The molecule has 0 spiro atoms. The van der Waals surface area contributed by atoms with Gasteiger partial charge in [0.05, 0.1) is 6.61 Å². The van der Waals surface area contributed by atoms with Crippen molar-refractivity contribution in [1.82, 2.24) is 9.97 Å². The van der Waals surface area contributed by atoms with Crippen molar-refractivity contribution >= 4 is 5.82 Å². The topological polar surface area (TPSA) is 61.0 Å². The molecule has 4 nitrogen and oxygen atoms in total. The zero-order chi connectivity index (χ0) is 12.8. The summed E-state index contributed by atoms with van der Waals surface area (Å²) in [5.41, 5.74) is 6.66. The molecule has 2 aromatic rings. The summed E-state index contributed by atoms with van der Waals surface area (Å²) in [7, 11) is 0. The van der Waals surface area contributed by atoms with Gasteiger partial charge in [0, 0.05) is 11.6 Å². The van der Waals surface area contributed by atoms with Crippen LogP contribution in [-0.4, -0.2) is 16.6 Å². The molecule has 0 amide bonds. The number of aromatic nitrogens is 2. The average Bonchev–Trinajstić information content (AvgIpc) is 2.39. The predicted octanol–water partition coefficient (Wildman–Crippen LogP) is 2.68. The van der Waals surface area contributed by atoms with Crippen molar-refractivity contribution in [3.63, 3.8) is 0 Å². The Morgan fingerprint density at radius 2 is 2.00 bits per heavy atom. The summed E-state index contributed by atoms with van der Waals surface area (Å²) in [6.45, 7) is 4.17. The minimum atomic E-state index is 0.400. The Balaban J connectivity index is 2.24. The highest BCUT2D eigenvalue weighted by molar-refractivity contribution is 5.57. The number of benzene rings is 1. The summed E-state index contributed by atoms with van der Waals surface area (Å²) < 4.78 is 5.49. The molecule has 2 rings (SSSR count). The molecule has 0 atom stereocenters. The molecular weight excluding hydrogens is 226 g/mol. The average molecular weight is 241 g/mol. The van der Waals surface area contributed by atoms with Crippen LogP contribution in [0.15, 0.2) is 49.1 Å². The molecule has 92 valence electrons. The van der Waals surface area contributed by atoms with E-state index in [9.17, 15) is 0 Å². The second-order valence-corrected chi connectivity index (χ2v) is 3.75. The lowest BCUT2D eigenvalue weighted by Gasteiger charge is -2.07. The number of hydrogen-bond donors (Lipinski definition) is 1. The number of rotatable bonds is 5. The third-order valence-electron chi connectivity index (χ3n) is 2.33. The normalized spacial score (nSPS) is 10.0. The molecule has 0 aliphatic heterocycles. The van der Waals surface area contributed by atoms with Crippen LogP contribution in [0.1, 0.15) is 6.42 Å². The number of ether oxygens (including phenoxy) is 1. The van der Waals surface area contributed by atoms with Crippen LogP contribution in [0.25, 0.3) is 11.4 Å². The van der Waals surface area contributed by atoms with E-state index in [1.54, 1.807) is 12.1 Å². The van der Waals surface area contributed by atoms with Gasteiger partial charge >= 0.3 is 0 Å². The molecule has 0 aliphatic rings. The van der Waals surface area contributed by atoms with Crippen molar-refractivity contribution in [3.05, 3.63) is 49.1 Å². The van der Waals surface area contributed by atoms with Gasteiger partial charge in [-0.1, -0.05) is 36.4 Å². The lowest BCUT2D eigenvalue weighted by molar-refractivity contribution is 0.312. The predicted molar refractivity (Wildman–Crippen MR) is 72.2 cm³/mol. The quantitative estimate of drug-likeness (QED) is 0.645. The molecule has 0 unspecified atom stereocenters. The Hall–Kier alpha value is -2.36. The van der Waals surface area contributed by atoms with Crippen molar-refractivity contribution in [2.75, 3.05) is 12.3 Å². The first-order valence-corrected chi connectivity index (χ1v) is 5.73. The Bertz CT molecular complexity index is 526. The fourth-order valence-electron chi connectivity index (χ4n) is 1.48. The van der Waals surface area contributed by atoms with E-state index in [1.165, 1.54) is 0 Å². The highest BCUT2D eigenvalue weighted by Crippen LogP contribution is 2.19. The van der Waals surface area contributed by atoms with Crippen molar-refractivity contribution in [3.8, 4) is 17.3 Å². The van der Waals surface area contributed by atoms with E-state index in [-0.39, 0.29) is 0 Å². The largest absolute Gasteiger partial charge is 0.477 e. The van der Waals surface area contributed by atoms with Gasteiger partial charge in [-0.3, -0.25) is 0 Å². The molecule has 4 heteroatoms. The standard InChI is InChI=1S/C14H15N3O/c1-2-3-9-18-13-10-12(15)16-14(17-13)11-7-5-4-6-8-11/h2,4-8,10H,1,3,9H2,(H2,15,16,17). The van der Waals surface area contributed by atoms with Gasteiger partial charge in [0.15, 0.2) is 5.82 Å². The van der Waals surface area contributed by atoms with E-state index in [2.05, 4.69) is 16.5 Å². The molecular formula is C14H15N3O. The maximum absolute atomic E-state index is 5.75. The maximum atomic E-state index is 5.75. The lowest BCUT2D eigenvalue weighted by Crippen LogP contribution is -2.02. The second-order valence-electron chi connectivity index (χ2n) is 3.75. The first-order chi connectivity index (χ1) is 8.79. The number of nitrogens with two attached hydrogens (primary N) is 1. The van der Waals surface area contributed by atoms with Crippen LogP contribution >= 0.6 is 0 Å². The molecule has 0 fully saturated rings. The van der Waals surface area contributed by atoms with Gasteiger partial charge in [0.25, 0.3) is 0 Å². The number of nitrogens with zero attached hydrogens (tertiary/aromatic N) is 2. The van der Waals surface area contributed by atoms with E-state index >= 15 is 0 Å². The van der Waals surface area contributed by atoms with E-state index in [0.717, 1.165) is 12.0 Å². The molecule has 1 heterocycles. The summed E-state index contributed by atoms with van der Waals surface area (Å²) in [4.78, 5) is 8.53. The molecule has 0 saturated carbocycles. The van der Waals surface area contributed by atoms with E-state index in [4.69, 9.17) is 10.5 Å². The van der Waals surface area contributed by atoms with Gasteiger partial charge < -0.3 is 10.5 Å². The highest BCUT2D eigenvalue weighted by Gasteiger charge is 2.05. The Morgan fingerprint density at radius 1 is 1.22 bits per heavy atom. The highest BCUT2D eigenvalue weighted by atomic mass is 16.5. The smallest absolute Gasteiger partial charge is 0.219 e. The summed E-state index contributed by atoms with van der Waals surface area (Å²) >= 11 is 0. The number of hydrogen-bond acceptors (Lipinski definition) is 4. The van der Waals surface area contributed by atoms with Gasteiger partial charge in [-0.15, -0.1) is 6.58 Å². The Kier molecular flexibility index (Phi) is 3.91. The van der Waals surface area contributed by atoms with Gasteiger partial charge in [-0.05, 0) is 6.42 Å². The first kappa shape index (κ1) is 12.1. The van der Waals surface area contributed by atoms with Crippen LogP contribution < -0.4 is 10.5 Å². The molecule has 0 bridgehead atoms. The van der Waals surface area contributed by atoms with Crippen molar-refractivity contribution in [2.24, 2.45) is 0 Å². The van der Waals surface area contributed by atoms with Crippen LogP contribution in [0.3, 0.4) is 0 Å². The summed E-state index contributed by atoms with van der Waals surface area (Å²) in [6, 6.07) is 11.3. The molecule has 18 heavy (non-hydrogen) atoms. The molecule has 0 saturated heterocycles. The fourth-order valence-corrected chi connectivity index (χ4v) is 1.48. The van der Waals surface area contributed by atoms with E-state index < -0.39 is 0 Å². The molecule has 1 aromatic carbocycles. The van der Waals surface area contributed by atoms with Crippen LogP contribution in [0.2, 0.25) is 0 Å². The molecule has 1 aromatic heterocycles. The second kappa shape index (κ2) is 5.82. The minimum absolute atomic E-state index is 0.400. The van der Waals surface area contributed by atoms with Crippen molar-refractivity contribution < 1.29 is 4.74 Å². The van der Waals surface area contributed by atoms with Crippen LogP contribution in [0.4, 0.5) is 5.82 Å². The van der Waals surface area contributed by atoms with Gasteiger partial charge in [-0.2, -0.15) is 4.98 Å². The van der Waals surface area contributed by atoms with Gasteiger partial charge in [0.1, 0.15) is 5.82 Å². The summed E-state index contributed by atoms with van der Waals surface area (Å²) in [5, 5.41) is 0. The monoisotopic (exact) mass is 241 g/mol. The third kappa shape index (κ3) is 3.07. The lowest BCUT2D eigenvalue weighted by atomic mass is 10.2. The summed E-state index contributed by atoms with van der Waals surface area (Å²) in [5.74, 6) is 1.46. The van der Waals surface area contributed by atoms with E-state index in [0.29, 0.717) is 24.1 Å². The zero-order valence-corrected chi connectivity index (χ0v) is 10.0. The first-order valence-electron chi connectivity index (χ1n) is 5.73. The van der Waals surface area contributed by atoms with Crippen LogP contribution in [0, 0.1) is 0 Å². The third-order valence-corrected chi connectivity index (χ3v) is 2.33. The van der Waals surface area contributed by atoms with Crippen LogP contribution in [-0.2, 0) is 0 Å². The Morgan fingerprint density at radius 3 is 2.72 bits per heavy atom. The Labute approximate surface area is 106 Å². The zero-order valence-electron chi connectivity index (χ0n) is 10.0. The van der Waals surface area contributed by atoms with Crippen molar-refractivity contribution in [2.45, 2.75) is 6.42 Å². The SMILES string of the molecule is C=CCCOc1cc(N)nc(-c2ccccc2)n1. The summed E-state index contributed by atoms with van der Waals surface area (Å²) in [6.07, 6.45) is 2.56. The van der Waals surface area contributed by atoms with Crippen LogP contribution in [0.5, 0.6) is 5.88 Å². The molecule has 0 aliphatic carbocycles. The van der Waals surface area contributed by atoms with Crippen molar-refractivity contribution in [1.29, 1.82) is 0 Å². The van der Waals surface area contributed by atoms with Gasteiger partial charge in [-0.25, -0.2) is 4.98 Å². The fraction of sp³-hybridized carbons (Fsp3) is 0.143. The number of anilines is 1. The molecule has 0 radical (unpaired) electrons. The van der Waals surface area contributed by atoms with Gasteiger partial charge in [0.2, 0.25) is 5.88 Å². The maximum Gasteiger partial charge on any atom is 0.219 e.